The highest BCUT2D eigenvalue weighted by Crippen LogP contribution is 2.28. The first-order valence-electron chi connectivity index (χ1n) is 11.1. The van der Waals surface area contributed by atoms with Gasteiger partial charge < -0.3 is 11.1 Å². The van der Waals surface area contributed by atoms with Crippen LogP contribution in [-0.4, -0.2) is 16.8 Å². The molecule has 0 aliphatic rings. The molecule has 0 saturated heterocycles. The molecule has 1 atom stereocenters. The van der Waals surface area contributed by atoms with Gasteiger partial charge in [0, 0.05) is 34.8 Å². The predicted molar refractivity (Wildman–Crippen MR) is 134 cm³/mol. The van der Waals surface area contributed by atoms with Crippen molar-refractivity contribution in [2.75, 3.05) is 0 Å². The topological polar surface area (TPSA) is 85.1 Å². The maximum Gasteiger partial charge on any atom is 0.248 e. The van der Waals surface area contributed by atoms with Crippen LogP contribution >= 0.6 is 11.6 Å². The molecule has 0 aliphatic carbocycles. The van der Waals surface area contributed by atoms with Gasteiger partial charge in [-0.3, -0.25) is 14.6 Å². The van der Waals surface area contributed by atoms with Gasteiger partial charge in [-0.1, -0.05) is 41.9 Å². The number of nitrogens with two attached hydrogens (primary N) is 1. The van der Waals surface area contributed by atoms with E-state index in [1.807, 2.05) is 12.1 Å². The molecule has 0 fully saturated rings. The normalized spacial score (nSPS) is 11.6. The van der Waals surface area contributed by atoms with E-state index in [9.17, 15) is 18.4 Å². The Kier molecular flexibility index (Phi) is 7.71. The molecule has 2 amide bonds. The molecule has 36 heavy (non-hydrogen) atoms. The van der Waals surface area contributed by atoms with Crippen LogP contribution < -0.4 is 11.1 Å². The number of nitrogens with zero attached hydrogens (tertiary/aromatic N) is 1. The zero-order valence-electron chi connectivity index (χ0n) is 19.0. The predicted octanol–water partition coefficient (Wildman–Crippen LogP) is 5.42. The first-order valence-corrected chi connectivity index (χ1v) is 11.5. The summed E-state index contributed by atoms with van der Waals surface area (Å²) in [6, 6.07) is 19.6. The van der Waals surface area contributed by atoms with E-state index in [0.29, 0.717) is 33.0 Å². The van der Waals surface area contributed by atoms with Crippen molar-refractivity contribution in [3.63, 3.8) is 0 Å². The number of carbonyl (C=O) groups is 2. The first-order chi connectivity index (χ1) is 17.3. The average Bonchev–Trinajstić information content (AvgIpc) is 2.83. The molecule has 5 nitrogen and oxygen atoms in total. The fraction of sp³-hybridized carbons (Fsp3) is 0.107. The van der Waals surface area contributed by atoms with Crippen molar-refractivity contribution >= 4 is 23.4 Å². The number of nitrogens with one attached hydrogen (secondary N) is 1. The lowest BCUT2D eigenvalue weighted by Gasteiger charge is -2.21. The summed E-state index contributed by atoms with van der Waals surface area (Å²) in [5.41, 5.74) is 8.69. The van der Waals surface area contributed by atoms with Crippen LogP contribution in [0.4, 0.5) is 8.78 Å². The molecule has 4 rings (SSSR count). The average molecular weight is 506 g/mol. The van der Waals surface area contributed by atoms with Gasteiger partial charge in [0.2, 0.25) is 11.8 Å². The van der Waals surface area contributed by atoms with Crippen LogP contribution in [0.1, 0.15) is 33.2 Å². The summed E-state index contributed by atoms with van der Waals surface area (Å²) in [6.45, 7) is 0. The minimum atomic E-state index is -0.783. The molecule has 0 radical (unpaired) electrons. The lowest BCUT2D eigenvalue weighted by Crippen LogP contribution is -2.31. The molecule has 8 heteroatoms. The molecule has 182 valence electrons. The Bertz CT molecular complexity index is 1410. The van der Waals surface area contributed by atoms with E-state index in [-0.39, 0.29) is 24.3 Å². The Morgan fingerprint density at radius 1 is 0.944 bits per heavy atom. The molecular formula is C28H22ClF2N3O2. The van der Waals surface area contributed by atoms with E-state index in [4.69, 9.17) is 17.3 Å². The van der Waals surface area contributed by atoms with Crippen LogP contribution in [0.25, 0.3) is 11.1 Å². The third-order valence-corrected chi connectivity index (χ3v) is 5.86. The highest BCUT2D eigenvalue weighted by atomic mass is 35.5. The minimum Gasteiger partial charge on any atom is -0.366 e. The van der Waals surface area contributed by atoms with E-state index in [1.54, 1.807) is 54.7 Å². The molecule has 0 saturated carbocycles. The lowest BCUT2D eigenvalue weighted by atomic mass is 9.95. The van der Waals surface area contributed by atoms with Gasteiger partial charge in [0.15, 0.2) is 0 Å². The molecule has 1 unspecified atom stereocenters. The van der Waals surface area contributed by atoms with Gasteiger partial charge in [-0.25, -0.2) is 8.78 Å². The van der Waals surface area contributed by atoms with Gasteiger partial charge in [0.05, 0.1) is 18.2 Å². The van der Waals surface area contributed by atoms with E-state index in [2.05, 4.69) is 10.3 Å². The third kappa shape index (κ3) is 6.31. The fourth-order valence-electron chi connectivity index (χ4n) is 4.00. The number of hydrogen-bond acceptors (Lipinski definition) is 3. The van der Waals surface area contributed by atoms with Crippen LogP contribution in [-0.2, 0) is 17.6 Å². The smallest absolute Gasteiger partial charge is 0.248 e. The van der Waals surface area contributed by atoms with Gasteiger partial charge >= 0.3 is 0 Å². The summed E-state index contributed by atoms with van der Waals surface area (Å²) in [7, 11) is 0. The zero-order valence-corrected chi connectivity index (χ0v) is 19.8. The standard InChI is InChI=1S/C28H22ClF2N3O2/c29-21-7-1-4-17(10-21)11-27(35)34-25(20-13-22(30)15-23(31)14-20)16-26-24(8-3-9-33-26)18-5-2-6-19(12-18)28(32)36/h1-10,12-15,25H,11,16H2,(H2,32,36)(H,34,35). The number of benzene rings is 3. The fourth-order valence-corrected chi connectivity index (χ4v) is 4.22. The second-order valence-electron chi connectivity index (χ2n) is 8.28. The number of primary amides is 1. The minimum absolute atomic E-state index is 0.0323. The van der Waals surface area contributed by atoms with Crippen LogP contribution in [0.2, 0.25) is 5.02 Å². The van der Waals surface area contributed by atoms with Crippen molar-refractivity contribution in [2.45, 2.75) is 18.9 Å². The highest BCUT2D eigenvalue weighted by Gasteiger charge is 2.20. The van der Waals surface area contributed by atoms with Gasteiger partial charge in [-0.05, 0) is 59.2 Å². The van der Waals surface area contributed by atoms with Crippen LogP contribution in [0.3, 0.4) is 0 Å². The summed E-state index contributed by atoms with van der Waals surface area (Å²) < 4.78 is 28.2. The number of halogens is 3. The van der Waals surface area contributed by atoms with Crippen LogP contribution in [0.5, 0.6) is 0 Å². The van der Waals surface area contributed by atoms with Gasteiger partial charge in [0.25, 0.3) is 0 Å². The van der Waals surface area contributed by atoms with Crippen molar-refractivity contribution in [1.82, 2.24) is 10.3 Å². The molecule has 4 aromatic rings. The van der Waals surface area contributed by atoms with E-state index in [0.717, 1.165) is 6.07 Å². The number of rotatable bonds is 8. The van der Waals surface area contributed by atoms with Crippen molar-refractivity contribution in [1.29, 1.82) is 0 Å². The van der Waals surface area contributed by atoms with Crippen LogP contribution in [0.15, 0.2) is 85.1 Å². The third-order valence-electron chi connectivity index (χ3n) is 5.62. The molecule has 0 aliphatic heterocycles. The number of pyridine rings is 1. The quantitative estimate of drug-likeness (QED) is 0.335. The van der Waals surface area contributed by atoms with E-state index < -0.39 is 23.6 Å². The van der Waals surface area contributed by atoms with Crippen molar-refractivity contribution in [3.8, 4) is 11.1 Å². The zero-order chi connectivity index (χ0) is 25.7. The van der Waals surface area contributed by atoms with Gasteiger partial charge in [0.1, 0.15) is 11.6 Å². The maximum atomic E-state index is 14.1. The monoisotopic (exact) mass is 505 g/mol. The molecule has 1 heterocycles. The Morgan fingerprint density at radius 3 is 2.42 bits per heavy atom. The molecule has 1 aromatic heterocycles. The summed E-state index contributed by atoms with van der Waals surface area (Å²) in [6.07, 6.45) is 1.76. The van der Waals surface area contributed by atoms with Crippen molar-refractivity contribution in [3.05, 3.63) is 124 Å². The van der Waals surface area contributed by atoms with Gasteiger partial charge in [-0.15, -0.1) is 0 Å². The number of amides is 2. The summed E-state index contributed by atoms with van der Waals surface area (Å²) in [5, 5.41) is 3.38. The number of hydrogen-bond donors (Lipinski definition) is 2. The van der Waals surface area contributed by atoms with E-state index in [1.165, 1.54) is 12.1 Å². The Morgan fingerprint density at radius 2 is 1.69 bits per heavy atom. The molecule has 3 aromatic carbocycles. The maximum absolute atomic E-state index is 14.1. The summed E-state index contributed by atoms with van der Waals surface area (Å²) in [4.78, 5) is 29.1. The summed E-state index contributed by atoms with van der Waals surface area (Å²) in [5.74, 6) is -2.42. The number of aromatic nitrogens is 1. The largest absolute Gasteiger partial charge is 0.366 e. The molecular weight excluding hydrogens is 484 g/mol. The second kappa shape index (κ2) is 11.1. The Hall–Kier alpha value is -4.10. The van der Waals surface area contributed by atoms with Gasteiger partial charge in [-0.2, -0.15) is 0 Å². The number of carbonyl (C=O) groups excluding carboxylic acids is 2. The first kappa shape index (κ1) is 25.0. The van der Waals surface area contributed by atoms with Crippen LogP contribution in [0, 0.1) is 11.6 Å². The van der Waals surface area contributed by atoms with Crippen molar-refractivity contribution < 1.29 is 18.4 Å². The highest BCUT2D eigenvalue weighted by molar-refractivity contribution is 6.30. The molecule has 0 bridgehead atoms. The SMILES string of the molecule is NC(=O)c1cccc(-c2cccnc2CC(NC(=O)Cc2cccc(Cl)c2)c2cc(F)cc(F)c2)c1. The second-order valence-corrected chi connectivity index (χ2v) is 8.71. The Balaban J connectivity index is 1.68. The molecule has 3 N–H and O–H groups in total. The Labute approximate surface area is 211 Å². The van der Waals surface area contributed by atoms with E-state index >= 15 is 0 Å². The lowest BCUT2D eigenvalue weighted by molar-refractivity contribution is -0.121. The van der Waals surface area contributed by atoms with Crippen molar-refractivity contribution in [2.24, 2.45) is 5.73 Å². The molecule has 0 spiro atoms. The summed E-state index contributed by atoms with van der Waals surface area (Å²) >= 11 is 6.03.